The van der Waals surface area contributed by atoms with Crippen LogP contribution in [0.15, 0.2) is 24.3 Å². The van der Waals surface area contributed by atoms with Crippen LogP contribution in [0.5, 0.6) is 0 Å². The van der Waals surface area contributed by atoms with Crippen molar-refractivity contribution in [3.8, 4) is 5.69 Å². The van der Waals surface area contributed by atoms with Crippen molar-refractivity contribution in [1.82, 2.24) is 20.3 Å². The molecule has 2 amide bonds. The highest BCUT2D eigenvalue weighted by atomic mass is 16.2. The Morgan fingerprint density at radius 2 is 1.88 bits per heavy atom. The maximum Gasteiger partial charge on any atom is 0.273 e. The molecule has 4 rings (SSSR count). The maximum atomic E-state index is 12.4. The van der Waals surface area contributed by atoms with Crippen molar-refractivity contribution in [1.29, 1.82) is 0 Å². The van der Waals surface area contributed by atoms with Crippen molar-refractivity contribution in [3.05, 3.63) is 35.7 Å². The third kappa shape index (κ3) is 3.61. The van der Waals surface area contributed by atoms with Gasteiger partial charge in [-0.3, -0.25) is 9.59 Å². The largest absolute Gasteiger partial charge is 0.348 e. The molecule has 1 aromatic carbocycles. The number of amides is 2. The summed E-state index contributed by atoms with van der Waals surface area (Å²) in [7, 11) is 0. The molecule has 2 aliphatic carbocycles. The van der Waals surface area contributed by atoms with Gasteiger partial charge in [0.25, 0.3) is 5.91 Å². The number of aromatic nitrogens is 3. The van der Waals surface area contributed by atoms with Crippen LogP contribution in [-0.2, 0) is 11.2 Å². The van der Waals surface area contributed by atoms with Crippen molar-refractivity contribution in [2.45, 2.75) is 51.5 Å². The van der Waals surface area contributed by atoms with Crippen LogP contribution in [0.4, 0.5) is 5.69 Å². The van der Waals surface area contributed by atoms with Gasteiger partial charge in [-0.15, -0.1) is 5.10 Å². The zero-order valence-corrected chi connectivity index (χ0v) is 14.9. The molecule has 0 aliphatic heterocycles. The highest BCUT2D eigenvalue weighted by Gasteiger charge is 2.30. The first-order chi connectivity index (χ1) is 12.7. The fourth-order valence-corrected chi connectivity index (χ4v) is 2.90. The van der Waals surface area contributed by atoms with E-state index in [-0.39, 0.29) is 23.8 Å². The summed E-state index contributed by atoms with van der Waals surface area (Å²) >= 11 is 0. The van der Waals surface area contributed by atoms with Crippen LogP contribution in [-0.4, -0.2) is 32.9 Å². The molecule has 2 aromatic rings. The summed E-state index contributed by atoms with van der Waals surface area (Å²) in [6, 6.07) is 7.78. The molecule has 2 aliphatic rings. The number of nitrogens with one attached hydrogen (secondary N) is 2. The summed E-state index contributed by atoms with van der Waals surface area (Å²) in [6.45, 7) is 2.07. The topological polar surface area (TPSA) is 88.9 Å². The van der Waals surface area contributed by atoms with Gasteiger partial charge in [0.1, 0.15) is 0 Å². The van der Waals surface area contributed by atoms with E-state index in [4.69, 9.17) is 0 Å². The number of benzene rings is 1. The van der Waals surface area contributed by atoms with Crippen molar-refractivity contribution in [3.63, 3.8) is 0 Å². The molecule has 0 radical (unpaired) electrons. The molecule has 0 bridgehead atoms. The zero-order chi connectivity index (χ0) is 18.1. The van der Waals surface area contributed by atoms with Crippen LogP contribution in [0.25, 0.3) is 5.69 Å². The standard InChI is InChI=1S/C19H23N5O2/c1-2-3-16-17(19(26)21-13-6-7-13)22-23-24(16)15-10-8-14(9-11-15)20-18(25)12-4-5-12/h8-13H,2-7H2,1H3,(H,20,25)(H,21,26). The second kappa shape index (κ2) is 6.90. The monoisotopic (exact) mass is 353 g/mol. The molecule has 2 fully saturated rings. The summed E-state index contributed by atoms with van der Waals surface area (Å²) in [4.78, 5) is 24.3. The van der Waals surface area contributed by atoms with Gasteiger partial charge in [-0.2, -0.15) is 0 Å². The minimum absolute atomic E-state index is 0.0872. The van der Waals surface area contributed by atoms with E-state index in [1.807, 2.05) is 24.3 Å². The highest BCUT2D eigenvalue weighted by molar-refractivity contribution is 5.94. The highest BCUT2D eigenvalue weighted by Crippen LogP contribution is 2.30. The molecule has 2 N–H and O–H groups in total. The predicted molar refractivity (Wildman–Crippen MR) is 97.2 cm³/mol. The van der Waals surface area contributed by atoms with E-state index in [9.17, 15) is 9.59 Å². The second-order valence-electron chi connectivity index (χ2n) is 7.10. The minimum atomic E-state index is -0.143. The lowest BCUT2D eigenvalue weighted by atomic mass is 10.2. The molecular formula is C19H23N5O2. The van der Waals surface area contributed by atoms with Gasteiger partial charge in [-0.25, -0.2) is 4.68 Å². The number of carbonyl (C=O) groups excluding carboxylic acids is 2. The third-order valence-electron chi connectivity index (χ3n) is 4.71. The van der Waals surface area contributed by atoms with Gasteiger partial charge >= 0.3 is 0 Å². The molecular weight excluding hydrogens is 330 g/mol. The summed E-state index contributed by atoms with van der Waals surface area (Å²) < 4.78 is 1.72. The van der Waals surface area contributed by atoms with Gasteiger partial charge < -0.3 is 10.6 Å². The second-order valence-corrected chi connectivity index (χ2v) is 7.10. The van der Waals surface area contributed by atoms with Crippen molar-refractivity contribution in [2.24, 2.45) is 5.92 Å². The average molecular weight is 353 g/mol. The van der Waals surface area contributed by atoms with Gasteiger partial charge in [0.15, 0.2) is 5.69 Å². The van der Waals surface area contributed by atoms with Crippen LogP contribution in [0, 0.1) is 5.92 Å². The number of nitrogens with zero attached hydrogens (tertiary/aromatic N) is 3. The molecule has 0 saturated heterocycles. The molecule has 0 unspecified atom stereocenters. The molecule has 136 valence electrons. The van der Waals surface area contributed by atoms with Crippen LogP contribution in [0.3, 0.4) is 0 Å². The lowest BCUT2D eigenvalue weighted by molar-refractivity contribution is -0.117. The molecule has 1 aromatic heterocycles. The van der Waals surface area contributed by atoms with Gasteiger partial charge in [0.05, 0.1) is 11.4 Å². The SMILES string of the molecule is CCCc1c(C(=O)NC2CC2)nnn1-c1ccc(NC(=O)C2CC2)cc1. The molecule has 7 heteroatoms. The Morgan fingerprint density at radius 3 is 2.50 bits per heavy atom. The van der Waals surface area contributed by atoms with Crippen molar-refractivity contribution in [2.75, 3.05) is 5.32 Å². The molecule has 0 atom stereocenters. The Labute approximate surface area is 152 Å². The van der Waals surface area contributed by atoms with E-state index in [0.717, 1.165) is 55.6 Å². The number of rotatable bonds is 7. The number of hydrogen-bond acceptors (Lipinski definition) is 4. The van der Waals surface area contributed by atoms with E-state index < -0.39 is 0 Å². The fraction of sp³-hybridized carbons (Fsp3) is 0.474. The summed E-state index contributed by atoms with van der Waals surface area (Å²) in [5.74, 6) is 0.119. The Bertz CT molecular complexity index is 819. The first-order valence-corrected chi connectivity index (χ1v) is 9.32. The molecule has 2 saturated carbocycles. The van der Waals surface area contributed by atoms with E-state index >= 15 is 0 Å². The third-order valence-corrected chi connectivity index (χ3v) is 4.71. The average Bonchev–Trinajstić information content (AvgIpc) is 3.55. The van der Waals surface area contributed by atoms with E-state index in [1.165, 1.54) is 0 Å². The maximum absolute atomic E-state index is 12.4. The lowest BCUT2D eigenvalue weighted by Gasteiger charge is -2.09. The fourth-order valence-electron chi connectivity index (χ4n) is 2.90. The normalized spacial score (nSPS) is 16.3. The smallest absolute Gasteiger partial charge is 0.273 e. The quantitative estimate of drug-likeness (QED) is 0.800. The number of anilines is 1. The Balaban J connectivity index is 1.54. The van der Waals surface area contributed by atoms with E-state index in [0.29, 0.717) is 5.69 Å². The van der Waals surface area contributed by atoms with Gasteiger partial charge in [0.2, 0.25) is 5.91 Å². The number of carbonyl (C=O) groups is 2. The molecule has 7 nitrogen and oxygen atoms in total. The lowest BCUT2D eigenvalue weighted by Crippen LogP contribution is -2.27. The van der Waals surface area contributed by atoms with Crippen molar-refractivity contribution < 1.29 is 9.59 Å². The minimum Gasteiger partial charge on any atom is -0.348 e. The van der Waals surface area contributed by atoms with Crippen LogP contribution in [0.2, 0.25) is 0 Å². The Morgan fingerprint density at radius 1 is 1.15 bits per heavy atom. The van der Waals surface area contributed by atoms with E-state index in [1.54, 1.807) is 4.68 Å². The van der Waals surface area contributed by atoms with Crippen molar-refractivity contribution >= 4 is 17.5 Å². The Hall–Kier alpha value is -2.70. The summed E-state index contributed by atoms with van der Waals surface area (Å²) in [5.41, 5.74) is 2.83. The predicted octanol–water partition coefficient (Wildman–Crippen LogP) is 2.46. The molecule has 26 heavy (non-hydrogen) atoms. The van der Waals surface area contributed by atoms with Gasteiger partial charge in [-0.05, 0) is 56.4 Å². The molecule has 0 spiro atoms. The Kier molecular flexibility index (Phi) is 4.44. The van der Waals surface area contributed by atoms with Gasteiger partial charge in [0, 0.05) is 17.6 Å². The summed E-state index contributed by atoms with van der Waals surface area (Å²) in [5, 5.41) is 14.2. The van der Waals surface area contributed by atoms with Gasteiger partial charge in [-0.1, -0.05) is 18.6 Å². The van der Waals surface area contributed by atoms with E-state index in [2.05, 4.69) is 27.9 Å². The summed E-state index contributed by atoms with van der Waals surface area (Å²) in [6.07, 6.45) is 5.66. The number of hydrogen-bond donors (Lipinski definition) is 2. The zero-order valence-electron chi connectivity index (χ0n) is 14.9. The first-order valence-electron chi connectivity index (χ1n) is 9.32. The van der Waals surface area contributed by atoms with Crippen LogP contribution >= 0.6 is 0 Å². The van der Waals surface area contributed by atoms with Crippen LogP contribution in [0.1, 0.15) is 55.2 Å². The molecule has 1 heterocycles. The first kappa shape index (κ1) is 16.8. The van der Waals surface area contributed by atoms with Crippen LogP contribution < -0.4 is 10.6 Å².